The molecule has 1 fully saturated rings. The van der Waals surface area contributed by atoms with Crippen LogP contribution < -0.4 is 5.48 Å². The summed E-state index contributed by atoms with van der Waals surface area (Å²) >= 11 is 0. The molecule has 0 aromatic carbocycles. The molecule has 0 aromatic rings. The van der Waals surface area contributed by atoms with E-state index >= 15 is 0 Å². The molecule has 1 atom stereocenters. The molecule has 1 N–H and O–H groups in total. The minimum Gasteiger partial charge on any atom is -0.272 e. The zero-order chi connectivity index (χ0) is 10.6. The van der Waals surface area contributed by atoms with Gasteiger partial charge in [-0.2, -0.15) is 0 Å². The van der Waals surface area contributed by atoms with Crippen LogP contribution in [0.2, 0.25) is 0 Å². The summed E-state index contributed by atoms with van der Waals surface area (Å²) in [6.07, 6.45) is 4.42. The van der Waals surface area contributed by atoms with Gasteiger partial charge in [-0.1, -0.05) is 5.92 Å². The van der Waals surface area contributed by atoms with Gasteiger partial charge in [0.25, 0.3) is 0 Å². The molecule has 0 heterocycles. The number of hydrogen-bond acceptors (Lipinski definition) is 2. The Balaban J connectivity index is 2.30. The first-order valence-electron chi connectivity index (χ1n) is 4.28. The zero-order valence-electron chi connectivity index (χ0n) is 7.56. The van der Waals surface area contributed by atoms with Gasteiger partial charge in [0, 0.05) is 18.8 Å². The van der Waals surface area contributed by atoms with Gasteiger partial charge >= 0.3 is 0 Å². The summed E-state index contributed by atoms with van der Waals surface area (Å²) in [5.41, 5.74) is 2.05. The van der Waals surface area contributed by atoms with Gasteiger partial charge in [0.15, 0.2) is 0 Å². The lowest BCUT2D eigenvalue weighted by Gasteiger charge is -2.10. The van der Waals surface area contributed by atoms with E-state index in [-0.39, 0.29) is 19.4 Å². The summed E-state index contributed by atoms with van der Waals surface area (Å²) in [7, 11) is 0. The van der Waals surface area contributed by atoms with Crippen LogP contribution in [0.15, 0.2) is 0 Å². The third-order valence-corrected chi connectivity index (χ3v) is 2.10. The minimum absolute atomic E-state index is 0.0607. The number of hydroxylamine groups is 1. The van der Waals surface area contributed by atoms with Gasteiger partial charge in [0.05, 0.1) is 0 Å². The number of rotatable bonds is 3. The predicted octanol–water partition coefficient (Wildman–Crippen LogP) is 1.10. The van der Waals surface area contributed by atoms with E-state index in [0.717, 1.165) is 0 Å². The van der Waals surface area contributed by atoms with E-state index in [1.807, 2.05) is 5.48 Å². The van der Waals surface area contributed by atoms with E-state index in [9.17, 15) is 13.6 Å². The van der Waals surface area contributed by atoms with Crippen molar-refractivity contribution in [2.24, 2.45) is 5.92 Å². The molecule has 5 heteroatoms. The molecule has 0 spiro atoms. The fraction of sp³-hybridized carbons (Fsp3) is 0.667. The van der Waals surface area contributed by atoms with Gasteiger partial charge in [0.2, 0.25) is 11.8 Å². The molecule has 0 aliphatic heterocycles. The third kappa shape index (κ3) is 2.96. The number of terminal acetylenes is 1. The molecule has 0 saturated heterocycles. The van der Waals surface area contributed by atoms with E-state index < -0.39 is 24.2 Å². The Bertz CT molecular complexity index is 260. The quantitative estimate of drug-likeness (QED) is 0.424. The van der Waals surface area contributed by atoms with Gasteiger partial charge in [-0.3, -0.25) is 9.63 Å². The SMILES string of the molecule is C#CCONC(=O)C1CCC(F)(F)C1. The van der Waals surface area contributed by atoms with Crippen LogP contribution in [0.5, 0.6) is 0 Å². The molecule has 14 heavy (non-hydrogen) atoms. The van der Waals surface area contributed by atoms with E-state index in [1.54, 1.807) is 0 Å². The van der Waals surface area contributed by atoms with Crippen LogP contribution in [0, 0.1) is 18.3 Å². The normalized spacial score (nSPS) is 24.2. The monoisotopic (exact) mass is 203 g/mol. The van der Waals surface area contributed by atoms with Crippen molar-refractivity contribution in [3.63, 3.8) is 0 Å². The average Bonchev–Trinajstić information content (AvgIpc) is 2.46. The smallest absolute Gasteiger partial charge is 0.248 e. The van der Waals surface area contributed by atoms with Crippen LogP contribution in [-0.2, 0) is 9.63 Å². The zero-order valence-corrected chi connectivity index (χ0v) is 7.56. The summed E-state index contributed by atoms with van der Waals surface area (Å²) in [6.45, 7) is -0.0607. The Morgan fingerprint density at radius 2 is 2.43 bits per heavy atom. The number of hydrogen-bond donors (Lipinski definition) is 1. The summed E-state index contributed by atoms with van der Waals surface area (Å²) in [5, 5.41) is 0. The maximum atomic E-state index is 12.7. The van der Waals surface area contributed by atoms with E-state index in [1.165, 1.54) is 0 Å². The molecule has 0 aromatic heterocycles. The number of alkyl halides is 2. The Morgan fingerprint density at radius 1 is 1.71 bits per heavy atom. The van der Waals surface area contributed by atoms with Gasteiger partial charge in [0.1, 0.15) is 6.61 Å². The van der Waals surface area contributed by atoms with Gasteiger partial charge in [-0.25, -0.2) is 14.3 Å². The molecule has 1 aliphatic rings. The third-order valence-electron chi connectivity index (χ3n) is 2.10. The molecular formula is C9H11F2NO2. The van der Waals surface area contributed by atoms with Crippen molar-refractivity contribution >= 4 is 5.91 Å². The maximum Gasteiger partial charge on any atom is 0.248 e. The number of carbonyl (C=O) groups is 1. The first-order valence-corrected chi connectivity index (χ1v) is 4.28. The van der Waals surface area contributed by atoms with Crippen molar-refractivity contribution in [2.75, 3.05) is 6.61 Å². The van der Waals surface area contributed by atoms with Crippen LogP contribution in [0.25, 0.3) is 0 Å². The topological polar surface area (TPSA) is 38.3 Å². The maximum absolute atomic E-state index is 12.7. The Labute approximate surface area is 80.8 Å². The Hall–Kier alpha value is -1.15. The fourth-order valence-electron chi connectivity index (χ4n) is 1.41. The van der Waals surface area contributed by atoms with E-state index in [2.05, 4.69) is 10.8 Å². The highest BCUT2D eigenvalue weighted by Gasteiger charge is 2.42. The van der Waals surface area contributed by atoms with Crippen molar-refractivity contribution in [1.82, 2.24) is 5.48 Å². The number of halogens is 2. The van der Waals surface area contributed by atoms with Gasteiger partial charge in [-0.05, 0) is 6.42 Å². The molecule has 1 aliphatic carbocycles. The average molecular weight is 203 g/mol. The molecule has 1 amide bonds. The van der Waals surface area contributed by atoms with Crippen molar-refractivity contribution < 1.29 is 18.4 Å². The van der Waals surface area contributed by atoms with Crippen LogP contribution in [-0.4, -0.2) is 18.4 Å². The number of nitrogens with one attached hydrogen (secondary N) is 1. The van der Waals surface area contributed by atoms with Gasteiger partial charge in [-0.15, -0.1) is 6.42 Å². The second-order valence-electron chi connectivity index (χ2n) is 3.25. The van der Waals surface area contributed by atoms with Crippen LogP contribution >= 0.6 is 0 Å². The molecular weight excluding hydrogens is 192 g/mol. The second kappa shape index (κ2) is 4.38. The molecule has 0 radical (unpaired) electrons. The molecule has 78 valence electrons. The van der Waals surface area contributed by atoms with Crippen molar-refractivity contribution in [1.29, 1.82) is 0 Å². The van der Waals surface area contributed by atoms with Crippen LogP contribution in [0.4, 0.5) is 8.78 Å². The molecule has 1 unspecified atom stereocenters. The fourth-order valence-corrected chi connectivity index (χ4v) is 1.41. The van der Waals surface area contributed by atoms with Crippen molar-refractivity contribution in [3.8, 4) is 12.3 Å². The highest BCUT2D eigenvalue weighted by Crippen LogP contribution is 2.38. The van der Waals surface area contributed by atoms with E-state index in [0.29, 0.717) is 0 Å². The predicted molar refractivity (Wildman–Crippen MR) is 45.2 cm³/mol. The highest BCUT2D eigenvalue weighted by atomic mass is 19.3. The minimum atomic E-state index is -2.71. The standard InChI is InChI=1S/C9H11F2NO2/c1-2-5-14-12-8(13)7-3-4-9(10,11)6-7/h1,7H,3-6H2,(H,12,13). The largest absolute Gasteiger partial charge is 0.272 e. The lowest BCUT2D eigenvalue weighted by molar-refractivity contribution is -0.137. The van der Waals surface area contributed by atoms with Crippen LogP contribution in [0.3, 0.4) is 0 Å². The van der Waals surface area contributed by atoms with Gasteiger partial charge < -0.3 is 0 Å². The molecule has 3 nitrogen and oxygen atoms in total. The summed E-state index contributed by atoms with van der Waals surface area (Å²) < 4.78 is 25.4. The number of carbonyl (C=O) groups excluding carboxylic acids is 1. The Morgan fingerprint density at radius 3 is 2.93 bits per heavy atom. The first kappa shape index (κ1) is 10.9. The van der Waals surface area contributed by atoms with Crippen molar-refractivity contribution in [2.45, 2.75) is 25.2 Å². The summed E-state index contributed by atoms with van der Waals surface area (Å²) in [6, 6.07) is 0. The molecule has 1 saturated carbocycles. The molecule has 0 bridgehead atoms. The second-order valence-corrected chi connectivity index (χ2v) is 3.25. The highest BCUT2D eigenvalue weighted by molar-refractivity contribution is 5.78. The first-order chi connectivity index (χ1) is 6.55. The lowest BCUT2D eigenvalue weighted by Crippen LogP contribution is -2.30. The van der Waals surface area contributed by atoms with E-state index in [4.69, 9.17) is 6.42 Å². The van der Waals surface area contributed by atoms with Crippen LogP contribution in [0.1, 0.15) is 19.3 Å². The van der Waals surface area contributed by atoms with Crippen molar-refractivity contribution in [3.05, 3.63) is 0 Å². The lowest BCUT2D eigenvalue weighted by atomic mass is 10.1. The molecule has 1 rings (SSSR count). The number of amides is 1. The summed E-state index contributed by atoms with van der Waals surface area (Å²) in [4.78, 5) is 15.7. The summed E-state index contributed by atoms with van der Waals surface area (Å²) in [5.74, 6) is -1.75. The Kier molecular flexibility index (Phi) is 3.42.